The fraction of sp³-hybridized carbons (Fsp3) is 0.600. The second-order valence-electron chi connectivity index (χ2n) is 7.96. The van der Waals surface area contributed by atoms with E-state index in [4.69, 9.17) is 21.7 Å². The van der Waals surface area contributed by atoms with Gasteiger partial charge in [0.2, 0.25) is 23.6 Å². The van der Waals surface area contributed by atoms with Crippen LogP contribution in [-0.2, 0) is 38.4 Å². The van der Waals surface area contributed by atoms with Gasteiger partial charge in [-0.05, 0) is 12.8 Å². The molecule has 0 heterocycles. The van der Waals surface area contributed by atoms with E-state index in [9.17, 15) is 48.6 Å². The molecule has 41 heavy (non-hydrogen) atoms. The van der Waals surface area contributed by atoms with Crippen molar-refractivity contribution < 1.29 is 88.3 Å². The molecule has 10 N–H and O–H groups in total. The van der Waals surface area contributed by atoms with Gasteiger partial charge in [-0.2, -0.15) is 0 Å². The summed E-state index contributed by atoms with van der Waals surface area (Å²) in [6.45, 7) is -1.61. The summed E-state index contributed by atoms with van der Waals surface area (Å²) in [4.78, 5) is 91.9. The number of hydrogen-bond donors (Lipinski definition) is 8. The van der Waals surface area contributed by atoms with Crippen molar-refractivity contribution in [1.29, 1.82) is 0 Å². The SMILES string of the molecule is N[C@@H](CCC(=O)N[C@@H](CSSC[C@H](NC(=O)CC[C@H](N)C(=O)O)C(=O)NCC(=O)[O-])C(=O)NCC(=O)O)C(=O)[O-].[Na+]. The fourth-order valence-corrected chi connectivity index (χ4v) is 4.84. The van der Waals surface area contributed by atoms with Gasteiger partial charge in [-0.25, -0.2) is 0 Å². The zero-order valence-corrected chi connectivity index (χ0v) is 25.5. The first-order valence-electron chi connectivity index (χ1n) is 11.4. The van der Waals surface area contributed by atoms with Crippen molar-refractivity contribution in [1.82, 2.24) is 21.3 Å². The Morgan fingerprint density at radius 1 is 0.707 bits per heavy atom. The van der Waals surface area contributed by atoms with Crippen LogP contribution in [0.2, 0.25) is 0 Å². The first kappa shape index (κ1) is 40.5. The summed E-state index contributed by atoms with van der Waals surface area (Å²) in [6, 6.07) is -5.34. The maximum Gasteiger partial charge on any atom is 1.00 e. The maximum absolute atomic E-state index is 12.4. The molecule has 4 amide bonds. The molecule has 0 aliphatic rings. The van der Waals surface area contributed by atoms with Gasteiger partial charge in [-0.1, -0.05) is 21.6 Å². The molecule has 0 aromatic carbocycles. The molecule has 0 aliphatic heterocycles. The first-order valence-corrected chi connectivity index (χ1v) is 13.9. The zero-order valence-electron chi connectivity index (χ0n) is 21.9. The Balaban J connectivity index is 0. The van der Waals surface area contributed by atoms with E-state index >= 15 is 0 Å². The van der Waals surface area contributed by atoms with Crippen LogP contribution < -0.4 is 72.5 Å². The number of nitrogens with one attached hydrogen (secondary N) is 4. The van der Waals surface area contributed by atoms with Gasteiger partial charge >= 0.3 is 41.5 Å². The molecule has 4 atom stereocenters. The summed E-state index contributed by atoms with van der Waals surface area (Å²) in [6.07, 6.45) is -1.26. The van der Waals surface area contributed by atoms with E-state index in [0.29, 0.717) is 0 Å². The molecule has 21 heteroatoms. The van der Waals surface area contributed by atoms with Crippen molar-refractivity contribution in [3.63, 3.8) is 0 Å². The molecule has 18 nitrogen and oxygen atoms in total. The second-order valence-corrected chi connectivity index (χ2v) is 10.5. The summed E-state index contributed by atoms with van der Waals surface area (Å²) in [5, 5.41) is 47.7. The van der Waals surface area contributed by atoms with Crippen LogP contribution in [0.3, 0.4) is 0 Å². The Hall–Kier alpha value is -2.62. The number of rotatable bonds is 21. The van der Waals surface area contributed by atoms with Gasteiger partial charge < -0.3 is 62.7 Å². The Morgan fingerprint density at radius 3 is 1.49 bits per heavy atom. The van der Waals surface area contributed by atoms with Crippen LogP contribution >= 0.6 is 21.6 Å². The fourth-order valence-electron chi connectivity index (χ4n) is 2.51. The average molecular weight is 634 g/mol. The van der Waals surface area contributed by atoms with E-state index in [1.54, 1.807) is 0 Å². The van der Waals surface area contributed by atoms with E-state index in [2.05, 4.69) is 16.0 Å². The topological polar surface area (TPSA) is 323 Å². The minimum absolute atomic E-state index is 0. The summed E-state index contributed by atoms with van der Waals surface area (Å²) in [5.41, 5.74) is 10.6. The molecular formula is C20H30N6NaO12S2-. The van der Waals surface area contributed by atoms with Crippen molar-refractivity contribution in [3.8, 4) is 0 Å². The minimum atomic E-state index is -1.60. The number of aliphatic carboxylic acids is 4. The van der Waals surface area contributed by atoms with Crippen LogP contribution in [0.5, 0.6) is 0 Å². The molecular weight excluding hydrogens is 603 g/mol. The molecule has 0 rings (SSSR count). The Kier molecular flexibility index (Phi) is 21.8. The molecule has 0 aliphatic carbocycles. The third-order valence-electron chi connectivity index (χ3n) is 4.66. The number of hydrogen-bond acceptors (Lipinski definition) is 14. The zero-order chi connectivity index (χ0) is 30.8. The molecule has 0 aromatic heterocycles. The molecule has 0 bridgehead atoms. The normalized spacial score (nSPS) is 13.2. The average Bonchev–Trinajstić information content (AvgIpc) is 2.87. The molecule has 0 saturated heterocycles. The smallest absolute Gasteiger partial charge is 0.548 e. The van der Waals surface area contributed by atoms with E-state index in [1.807, 2.05) is 5.32 Å². The predicted octanol–water partition coefficient (Wildman–Crippen LogP) is -9.54. The van der Waals surface area contributed by atoms with Gasteiger partial charge in [0.05, 0.1) is 18.5 Å². The largest absolute Gasteiger partial charge is 1.00 e. The summed E-state index contributed by atoms with van der Waals surface area (Å²) >= 11 is 0. The van der Waals surface area contributed by atoms with E-state index in [0.717, 1.165) is 21.6 Å². The Morgan fingerprint density at radius 2 is 1.12 bits per heavy atom. The van der Waals surface area contributed by atoms with Gasteiger partial charge in [0, 0.05) is 30.4 Å². The number of carboxylic acid groups (broad SMARTS) is 4. The number of nitrogens with two attached hydrogens (primary N) is 2. The van der Waals surface area contributed by atoms with E-state index in [1.165, 1.54) is 0 Å². The van der Waals surface area contributed by atoms with Crippen LogP contribution in [0.4, 0.5) is 0 Å². The van der Waals surface area contributed by atoms with Gasteiger partial charge in [-0.3, -0.25) is 28.8 Å². The molecule has 0 fully saturated rings. The number of carbonyl (C=O) groups is 8. The van der Waals surface area contributed by atoms with Gasteiger partial charge in [0.25, 0.3) is 0 Å². The first-order chi connectivity index (χ1) is 18.6. The standard InChI is InChI=1S/C20H32N6O12S2.Na/c21-9(19(35)36)1-3-13(27)25-11(17(33)23-5-15(29)30)7-39-40-8-12(18(34)24-6-16(31)32)26-14(28)4-2-10(22)20(37)38;/h9-12H,1-8,21-22H2,(H,23,33)(H,24,34)(H,25,27)(H,26,28)(H,29,30)(H,31,32)(H,35,36)(H,37,38);/q;+1/p-2/t9-,10-,11-,12-;/m0./s1. The molecule has 0 aromatic rings. The van der Waals surface area contributed by atoms with Crippen LogP contribution in [0.1, 0.15) is 25.7 Å². The monoisotopic (exact) mass is 633 g/mol. The third-order valence-corrected chi connectivity index (χ3v) is 7.08. The quantitative estimate of drug-likeness (QED) is 0.0330. The number of carbonyl (C=O) groups excluding carboxylic acids is 6. The van der Waals surface area contributed by atoms with Crippen LogP contribution in [0.15, 0.2) is 0 Å². The van der Waals surface area contributed by atoms with Gasteiger partial charge in [0.15, 0.2) is 0 Å². The second kappa shape index (κ2) is 22.0. The van der Waals surface area contributed by atoms with Crippen molar-refractivity contribution >= 4 is 69.1 Å². The summed E-state index contributed by atoms with van der Waals surface area (Å²) in [5.74, 6) is -9.51. The van der Waals surface area contributed by atoms with Crippen LogP contribution in [0.25, 0.3) is 0 Å². The third kappa shape index (κ3) is 20.0. The Bertz CT molecular complexity index is 886. The molecule has 0 radical (unpaired) electrons. The number of amides is 4. The molecule has 0 spiro atoms. The predicted molar refractivity (Wildman–Crippen MR) is 135 cm³/mol. The molecule has 0 saturated carbocycles. The van der Waals surface area contributed by atoms with E-state index in [-0.39, 0.29) is 66.7 Å². The minimum Gasteiger partial charge on any atom is -0.548 e. The van der Waals surface area contributed by atoms with Crippen molar-refractivity contribution in [2.45, 2.75) is 49.9 Å². The number of carboxylic acids is 4. The summed E-state index contributed by atoms with van der Waals surface area (Å²) in [7, 11) is 1.84. The Labute approximate surface area is 263 Å². The van der Waals surface area contributed by atoms with Crippen molar-refractivity contribution in [2.75, 3.05) is 24.6 Å². The van der Waals surface area contributed by atoms with Crippen LogP contribution in [-0.4, -0.2) is 106 Å². The van der Waals surface area contributed by atoms with Crippen LogP contribution in [0, 0.1) is 0 Å². The molecule has 0 unspecified atom stereocenters. The van der Waals surface area contributed by atoms with Gasteiger partial charge in [-0.15, -0.1) is 0 Å². The summed E-state index contributed by atoms with van der Waals surface area (Å²) < 4.78 is 0. The maximum atomic E-state index is 12.4. The van der Waals surface area contributed by atoms with Crippen molar-refractivity contribution in [3.05, 3.63) is 0 Å². The van der Waals surface area contributed by atoms with E-state index < -0.39 is 84.8 Å². The van der Waals surface area contributed by atoms with Crippen molar-refractivity contribution in [2.24, 2.45) is 11.5 Å². The van der Waals surface area contributed by atoms with Gasteiger partial charge in [0.1, 0.15) is 24.7 Å². The molecule has 226 valence electrons.